The first-order valence-corrected chi connectivity index (χ1v) is 9.56. The fourth-order valence-electron chi connectivity index (χ4n) is 2.90. The number of aliphatic hydroxyl groups excluding tert-OH is 1. The molecule has 2 aromatic heterocycles. The third-order valence-electron chi connectivity index (χ3n) is 4.15. The monoisotopic (exact) mass is 371 g/mol. The lowest BCUT2D eigenvalue weighted by atomic mass is 10.0. The van der Waals surface area contributed by atoms with Crippen molar-refractivity contribution in [3.8, 4) is 16.9 Å². The molecule has 0 saturated carbocycles. The molecule has 0 aliphatic carbocycles. The Labute approximate surface area is 158 Å². The van der Waals surface area contributed by atoms with Crippen LogP contribution in [-0.4, -0.2) is 33.8 Å². The number of thiophene rings is 1. The lowest BCUT2D eigenvalue weighted by Gasteiger charge is -2.25. The second-order valence-electron chi connectivity index (χ2n) is 6.96. The molecule has 0 fully saturated rings. The highest BCUT2D eigenvalue weighted by atomic mass is 32.1. The van der Waals surface area contributed by atoms with Crippen LogP contribution in [0.3, 0.4) is 0 Å². The van der Waals surface area contributed by atoms with Crippen molar-refractivity contribution in [1.29, 1.82) is 0 Å². The average molecular weight is 372 g/mol. The minimum atomic E-state index is -0.473. The van der Waals surface area contributed by atoms with E-state index in [2.05, 4.69) is 34.3 Å². The molecule has 138 valence electrons. The molecule has 6 heteroatoms. The number of hydrogen-bond donors (Lipinski definition) is 2. The average Bonchev–Trinajstić information content (AvgIpc) is 2.91. The summed E-state index contributed by atoms with van der Waals surface area (Å²) in [6.45, 7) is 10.5. The highest BCUT2D eigenvalue weighted by Gasteiger charge is 2.22. The molecule has 3 rings (SSSR count). The van der Waals surface area contributed by atoms with Crippen molar-refractivity contribution in [2.75, 3.05) is 18.5 Å². The molecule has 1 aromatic carbocycles. The Bertz CT molecular complexity index is 917. The number of nitrogens with one attached hydrogen (secondary N) is 1. The molecule has 0 amide bonds. The minimum Gasteiger partial charge on any atom is -0.494 e. The minimum absolute atomic E-state index is 0.0129. The molecule has 2 heterocycles. The van der Waals surface area contributed by atoms with E-state index in [4.69, 9.17) is 4.74 Å². The predicted octanol–water partition coefficient (Wildman–Crippen LogP) is 4.56. The first kappa shape index (κ1) is 18.6. The Hall–Kier alpha value is -2.18. The van der Waals surface area contributed by atoms with E-state index in [0.29, 0.717) is 12.4 Å². The van der Waals surface area contributed by atoms with E-state index >= 15 is 0 Å². The third-order valence-corrected chi connectivity index (χ3v) is 5.14. The standard InChI is InChI=1S/C20H25N3O2S/c1-6-25-15-9-7-14(8-10-15)16-12(2)26-19-17(16)18(21-13(3)22-19)23-20(4,5)11-24/h7-10,24H,6,11H2,1-5H3,(H,21,22,23). The van der Waals surface area contributed by atoms with Crippen molar-refractivity contribution in [3.63, 3.8) is 0 Å². The summed E-state index contributed by atoms with van der Waals surface area (Å²) in [7, 11) is 0. The summed E-state index contributed by atoms with van der Waals surface area (Å²) >= 11 is 1.67. The summed E-state index contributed by atoms with van der Waals surface area (Å²) in [5.74, 6) is 2.34. The van der Waals surface area contributed by atoms with Gasteiger partial charge in [0.1, 0.15) is 22.2 Å². The van der Waals surface area contributed by atoms with Gasteiger partial charge in [0.15, 0.2) is 0 Å². The number of nitrogens with zero attached hydrogens (tertiary/aromatic N) is 2. The van der Waals surface area contributed by atoms with Gasteiger partial charge in [0, 0.05) is 10.4 Å². The molecule has 0 bridgehead atoms. The normalized spacial score (nSPS) is 11.8. The Morgan fingerprint density at radius 3 is 2.46 bits per heavy atom. The topological polar surface area (TPSA) is 67.3 Å². The molecule has 0 atom stereocenters. The van der Waals surface area contributed by atoms with E-state index in [-0.39, 0.29) is 6.61 Å². The summed E-state index contributed by atoms with van der Waals surface area (Å²) in [5.41, 5.74) is 1.76. The number of benzene rings is 1. The van der Waals surface area contributed by atoms with E-state index in [9.17, 15) is 5.11 Å². The van der Waals surface area contributed by atoms with Crippen LogP contribution >= 0.6 is 11.3 Å². The Kier molecular flexibility index (Phi) is 5.16. The lowest BCUT2D eigenvalue weighted by molar-refractivity contribution is 0.234. The van der Waals surface area contributed by atoms with E-state index in [1.807, 2.05) is 39.8 Å². The smallest absolute Gasteiger partial charge is 0.139 e. The highest BCUT2D eigenvalue weighted by molar-refractivity contribution is 7.19. The van der Waals surface area contributed by atoms with Crippen molar-refractivity contribution in [2.24, 2.45) is 0 Å². The number of hydrogen-bond acceptors (Lipinski definition) is 6. The molecular weight excluding hydrogens is 346 g/mol. The van der Waals surface area contributed by atoms with Gasteiger partial charge >= 0.3 is 0 Å². The van der Waals surface area contributed by atoms with Gasteiger partial charge < -0.3 is 15.2 Å². The largest absolute Gasteiger partial charge is 0.494 e. The summed E-state index contributed by atoms with van der Waals surface area (Å²) in [5, 5.41) is 14.0. The van der Waals surface area contributed by atoms with E-state index in [1.165, 1.54) is 4.88 Å². The van der Waals surface area contributed by atoms with Crippen molar-refractivity contribution in [2.45, 2.75) is 40.2 Å². The van der Waals surface area contributed by atoms with Gasteiger partial charge in [0.25, 0.3) is 0 Å². The molecule has 0 aliphatic rings. The van der Waals surface area contributed by atoms with Crippen LogP contribution in [0.2, 0.25) is 0 Å². The maximum Gasteiger partial charge on any atom is 0.139 e. The van der Waals surface area contributed by atoms with Crippen molar-refractivity contribution in [1.82, 2.24) is 9.97 Å². The number of fused-ring (bicyclic) bond motifs is 1. The molecule has 0 saturated heterocycles. The fourth-order valence-corrected chi connectivity index (χ4v) is 3.99. The highest BCUT2D eigenvalue weighted by Crippen LogP contribution is 2.41. The number of aromatic nitrogens is 2. The predicted molar refractivity (Wildman–Crippen MR) is 108 cm³/mol. The van der Waals surface area contributed by atoms with E-state index in [0.717, 1.165) is 32.9 Å². The van der Waals surface area contributed by atoms with Crippen LogP contribution < -0.4 is 10.1 Å². The van der Waals surface area contributed by atoms with Crippen LogP contribution in [0.4, 0.5) is 5.82 Å². The van der Waals surface area contributed by atoms with Gasteiger partial charge in [-0.3, -0.25) is 0 Å². The molecule has 0 unspecified atom stereocenters. The second-order valence-corrected chi connectivity index (χ2v) is 8.16. The number of ether oxygens (including phenoxy) is 1. The molecule has 5 nitrogen and oxygen atoms in total. The van der Waals surface area contributed by atoms with Crippen molar-refractivity contribution < 1.29 is 9.84 Å². The first-order valence-electron chi connectivity index (χ1n) is 8.74. The van der Waals surface area contributed by atoms with Gasteiger partial charge in [-0.05, 0) is 52.3 Å². The van der Waals surface area contributed by atoms with Crippen LogP contribution in [0.15, 0.2) is 24.3 Å². The summed E-state index contributed by atoms with van der Waals surface area (Å²) in [6.07, 6.45) is 0. The lowest BCUT2D eigenvalue weighted by Crippen LogP contribution is -2.35. The van der Waals surface area contributed by atoms with Crippen LogP contribution in [0.25, 0.3) is 21.3 Å². The third kappa shape index (κ3) is 3.66. The van der Waals surface area contributed by atoms with Crippen LogP contribution in [0, 0.1) is 13.8 Å². The van der Waals surface area contributed by atoms with Gasteiger partial charge in [-0.15, -0.1) is 11.3 Å². The quantitative estimate of drug-likeness (QED) is 0.665. The SMILES string of the molecule is CCOc1ccc(-c2c(C)sc3nc(C)nc(NC(C)(C)CO)c23)cc1. The van der Waals surface area contributed by atoms with Gasteiger partial charge in [-0.1, -0.05) is 12.1 Å². The maximum absolute atomic E-state index is 9.65. The fraction of sp³-hybridized carbons (Fsp3) is 0.400. The Morgan fingerprint density at radius 2 is 1.85 bits per heavy atom. The number of anilines is 1. The van der Waals surface area contributed by atoms with Crippen LogP contribution in [-0.2, 0) is 0 Å². The van der Waals surface area contributed by atoms with E-state index in [1.54, 1.807) is 11.3 Å². The van der Waals surface area contributed by atoms with E-state index < -0.39 is 5.54 Å². The van der Waals surface area contributed by atoms with Crippen molar-refractivity contribution in [3.05, 3.63) is 35.0 Å². The summed E-state index contributed by atoms with van der Waals surface area (Å²) in [6, 6.07) is 8.11. The molecule has 26 heavy (non-hydrogen) atoms. The Morgan fingerprint density at radius 1 is 1.15 bits per heavy atom. The number of aliphatic hydroxyl groups is 1. The van der Waals surface area contributed by atoms with Crippen LogP contribution in [0.5, 0.6) is 5.75 Å². The molecule has 0 radical (unpaired) electrons. The molecule has 3 aromatic rings. The van der Waals surface area contributed by atoms with Gasteiger partial charge in [0.2, 0.25) is 0 Å². The van der Waals surface area contributed by atoms with Gasteiger partial charge in [-0.25, -0.2) is 9.97 Å². The molecular formula is C20H25N3O2S. The van der Waals surface area contributed by atoms with Crippen LogP contribution in [0.1, 0.15) is 31.5 Å². The summed E-state index contributed by atoms with van der Waals surface area (Å²) in [4.78, 5) is 11.4. The van der Waals surface area contributed by atoms with Gasteiger partial charge in [0.05, 0.1) is 24.1 Å². The summed E-state index contributed by atoms with van der Waals surface area (Å²) < 4.78 is 5.55. The Balaban J connectivity index is 2.17. The first-order chi connectivity index (χ1) is 12.3. The van der Waals surface area contributed by atoms with Gasteiger partial charge in [-0.2, -0.15) is 0 Å². The molecule has 0 spiro atoms. The zero-order valence-electron chi connectivity index (χ0n) is 15.9. The second kappa shape index (κ2) is 7.21. The molecule has 0 aliphatic heterocycles. The molecule has 2 N–H and O–H groups in total. The maximum atomic E-state index is 9.65. The number of rotatable bonds is 6. The van der Waals surface area contributed by atoms with Crippen molar-refractivity contribution >= 4 is 27.4 Å². The zero-order chi connectivity index (χ0) is 18.9. The zero-order valence-corrected chi connectivity index (χ0v) is 16.7. The number of aryl methyl sites for hydroxylation is 2.